The Morgan fingerprint density at radius 3 is 2.60 bits per heavy atom. The molecule has 1 aliphatic heterocycles. The number of hydrogen-bond donors (Lipinski definition) is 1. The predicted octanol–water partition coefficient (Wildman–Crippen LogP) is 0.750. The summed E-state index contributed by atoms with van der Waals surface area (Å²) in [6.07, 6.45) is 3.25. The Bertz CT molecular complexity index is 603. The van der Waals surface area contributed by atoms with Crippen molar-refractivity contribution in [1.29, 1.82) is 0 Å². The summed E-state index contributed by atoms with van der Waals surface area (Å²) < 4.78 is 6.41. The third-order valence-electron chi connectivity index (χ3n) is 4.22. The molecule has 2 aliphatic rings. The van der Waals surface area contributed by atoms with E-state index >= 15 is 0 Å². The SMILES string of the molecule is O=C1CO[CH-][N+]1=c1ccc(C2(C(=O)O)CCCC2)c[cH-]1. The van der Waals surface area contributed by atoms with E-state index in [1.54, 1.807) is 12.1 Å². The van der Waals surface area contributed by atoms with E-state index < -0.39 is 11.4 Å². The van der Waals surface area contributed by atoms with Gasteiger partial charge in [-0.2, -0.15) is 24.3 Å². The van der Waals surface area contributed by atoms with Gasteiger partial charge in [-0.05, 0) is 12.8 Å². The molecule has 1 heterocycles. The molecule has 5 heteroatoms. The normalized spacial score (nSPS) is 21.0. The largest absolute Gasteiger partial charge is 0.481 e. The molecule has 0 unspecified atom stereocenters. The lowest BCUT2D eigenvalue weighted by atomic mass is 9.79. The number of aliphatic carboxylic acids is 1. The van der Waals surface area contributed by atoms with E-state index in [0.29, 0.717) is 18.2 Å². The lowest BCUT2D eigenvalue weighted by Crippen LogP contribution is -2.34. The first-order valence-corrected chi connectivity index (χ1v) is 6.74. The molecule has 1 saturated carbocycles. The van der Waals surface area contributed by atoms with E-state index in [1.807, 2.05) is 12.1 Å². The fourth-order valence-electron chi connectivity index (χ4n) is 3.06. The number of benzene rings is 1. The lowest BCUT2D eigenvalue weighted by Gasteiger charge is -2.29. The van der Waals surface area contributed by atoms with E-state index in [0.717, 1.165) is 18.4 Å². The van der Waals surface area contributed by atoms with Gasteiger partial charge in [0.15, 0.2) is 6.73 Å². The van der Waals surface area contributed by atoms with Crippen molar-refractivity contribution in [3.63, 3.8) is 0 Å². The third kappa shape index (κ3) is 1.94. The highest BCUT2D eigenvalue weighted by atomic mass is 16.5. The summed E-state index contributed by atoms with van der Waals surface area (Å²) in [4.78, 5) is 23.2. The Morgan fingerprint density at radius 2 is 2.10 bits per heavy atom. The Hall–Kier alpha value is -2.01. The van der Waals surface area contributed by atoms with Gasteiger partial charge in [-0.25, -0.2) is 0 Å². The maximum absolute atomic E-state index is 11.6. The molecule has 0 bridgehead atoms. The first-order valence-electron chi connectivity index (χ1n) is 6.74. The number of hydrogen-bond acceptors (Lipinski definition) is 3. The molecule has 0 spiro atoms. The second kappa shape index (κ2) is 4.83. The molecule has 3 rings (SSSR count). The van der Waals surface area contributed by atoms with E-state index in [1.165, 1.54) is 11.3 Å². The Morgan fingerprint density at radius 1 is 1.35 bits per heavy atom. The summed E-state index contributed by atoms with van der Waals surface area (Å²) in [5, 5.41) is 10.3. The first kappa shape index (κ1) is 13.0. The third-order valence-corrected chi connectivity index (χ3v) is 4.22. The van der Waals surface area contributed by atoms with Crippen LogP contribution >= 0.6 is 0 Å². The number of nitrogens with zero attached hydrogens (tertiary/aromatic N) is 1. The van der Waals surface area contributed by atoms with Crippen molar-refractivity contribution in [2.75, 3.05) is 6.61 Å². The van der Waals surface area contributed by atoms with Crippen LogP contribution in [0.5, 0.6) is 0 Å². The Labute approximate surface area is 116 Å². The zero-order valence-corrected chi connectivity index (χ0v) is 11.0. The standard InChI is InChI=1S/C15H16NO4/c17-13-9-20-10-16(13)12-5-3-11(4-6-12)15(14(18)19)7-1-2-8-15/h3-6,10H,1-2,7-9H2,(H,18,19)/q-1. The van der Waals surface area contributed by atoms with Gasteiger partial charge in [0, 0.05) is 10.8 Å². The first-order chi connectivity index (χ1) is 9.63. The van der Waals surface area contributed by atoms with Gasteiger partial charge < -0.3 is 9.84 Å². The van der Waals surface area contributed by atoms with Crippen LogP contribution in [0.1, 0.15) is 31.2 Å². The summed E-state index contributed by atoms with van der Waals surface area (Å²) in [6.45, 7) is 1.45. The highest BCUT2D eigenvalue weighted by Crippen LogP contribution is 2.40. The van der Waals surface area contributed by atoms with Crippen LogP contribution in [0.4, 0.5) is 0 Å². The monoisotopic (exact) mass is 274 g/mol. The Balaban J connectivity index is 2.01. The van der Waals surface area contributed by atoms with Crippen LogP contribution in [-0.2, 0) is 19.7 Å². The topological polar surface area (TPSA) is 66.6 Å². The summed E-state index contributed by atoms with van der Waals surface area (Å²) in [7, 11) is 0. The molecule has 1 N–H and O–H groups in total. The molecule has 2 fully saturated rings. The molecule has 1 aliphatic carbocycles. The zero-order valence-electron chi connectivity index (χ0n) is 11.0. The second-order valence-corrected chi connectivity index (χ2v) is 5.32. The number of amides is 1. The minimum absolute atomic E-state index is 0.0564. The Kier molecular flexibility index (Phi) is 3.14. The minimum atomic E-state index is -0.756. The van der Waals surface area contributed by atoms with Gasteiger partial charge in [0.1, 0.15) is 6.61 Å². The van der Waals surface area contributed by atoms with E-state index in [9.17, 15) is 14.7 Å². The number of carbonyl (C=O) groups is 2. The number of carbonyl (C=O) groups excluding carboxylic acids is 1. The molecule has 1 amide bonds. The fourth-order valence-corrected chi connectivity index (χ4v) is 3.06. The molecular formula is C15H16NO4-. The summed E-state index contributed by atoms with van der Waals surface area (Å²) in [5.74, 6) is -0.874. The number of carboxylic acids is 1. The molecule has 0 atom stereocenters. The number of carboxylic acid groups (broad SMARTS) is 1. The van der Waals surface area contributed by atoms with Gasteiger partial charge in [0.25, 0.3) is 0 Å². The molecule has 1 aromatic carbocycles. The minimum Gasteiger partial charge on any atom is -0.481 e. The van der Waals surface area contributed by atoms with Crippen molar-refractivity contribution >= 4 is 11.9 Å². The molecule has 1 saturated heterocycles. The van der Waals surface area contributed by atoms with Gasteiger partial charge in [-0.1, -0.05) is 12.8 Å². The lowest BCUT2D eigenvalue weighted by molar-refractivity contribution is -0.143. The maximum atomic E-state index is 11.6. The van der Waals surface area contributed by atoms with Gasteiger partial charge in [0.2, 0.25) is 0 Å². The molecule has 20 heavy (non-hydrogen) atoms. The van der Waals surface area contributed by atoms with Crippen LogP contribution in [0.3, 0.4) is 0 Å². The summed E-state index contributed by atoms with van der Waals surface area (Å²) >= 11 is 0. The molecule has 0 radical (unpaired) electrons. The maximum Gasteiger partial charge on any atom is 0.308 e. The average molecular weight is 274 g/mol. The van der Waals surface area contributed by atoms with Crippen LogP contribution in [0.15, 0.2) is 24.3 Å². The average Bonchev–Trinajstić information content (AvgIpc) is 3.08. The van der Waals surface area contributed by atoms with Gasteiger partial charge >= 0.3 is 11.9 Å². The van der Waals surface area contributed by atoms with Crippen LogP contribution in [0.2, 0.25) is 0 Å². The van der Waals surface area contributed by atoms with Crippen molar-refractivity contribution in [1.82, 2.24) is 4.58 Å². The molecule has 106 valence electrons. The van der Waals surface area contributed by atoms with E-state index in [4.69, 9.17) is 4.74 Å². The van der Waals surface area contributed by atoms with Crippen molar-refractivity contribution in [3.8, 4) is 0 Å². The van der Waals surface area contributed by atoms with Gasteiger partial charge in [-0.15, -0.1) is 5.56 Å². The molecule has 0 aromatic heterocycles. The molecule has 1 aromatic rings. The van der Waals surface area contributed by atoms with E-state index in [-0.39, 0.29) is 12.5 Å². The summed E-state index contributed by atoms with van der Waals surface area (Å²) in [5.41, 5.74) is 0.0622. The number of ether oxygens (including phenoxy) is 1. The molecular weight excluding hydrogens is 258 g/mol. The quantitative estimate of drug-likeness (QED) is 0.638. The van der Waals surface area contributed by atoms with Crippen LogP contribution in [-0.4, -0.2) is 23.6 Å². The van der Waals surface area contributed by atoms with Gasteiger partial charge in [-0.3, -0.25) is 14.2 Å². The van der Waals surface area contributed by atoms with Crippen molar-refractivity contribution in [2.45, 2.75) is 31.1 Å². The van der Waals surface area contributed by atoms with Crippen LogP contribution < -0.4 is 9.93 Å². The van der Waals surface area contributed by atoms with Crippen LogP contribution in [0.25, 0.3) is 0 Å². The summed E-state index contributed by atoms with van der Waals surface area (Å²) in [6, 6.07) is 7.19. The molecule has 5 nitrogen and oxygen atoms in total. The zero-order chi connectivity index (χ0) is 14.2. The highest BCUT2D eigenvalue weighted by molar-refractivity contribution is 5.82. The second-order valence-electron chi connectivity index (χ2n) is 5.32. The van der Waals surface area contributed by atoms with Gasteiger partial charge in [0.05, 0.1) is 0 Å². The van der Waals surface area contributed by atoms with Crippen molar-refractivity contribution < 1.29 is 19.4 Å². The predicted molar refractivity (Wildman–Crippen MR) is 70.3 cm³/mol. The number of rotatable bonds is 2. The fraction of sp³-hybridized carbons (Fsp3) is 0.400. The van der Waals surface area contributed by atoms with Crippen molar-refractivity contribution in [3.05, 3.63) is 41.9 Å². The highest BCUT2D eigenvalue weighted by Gasteiger charge is 2.39. The van der Waals surface area contributed by atoms with E-state index in [2.05, 4.69) is 0 Å². The smallest absolute Gasteiger partial charge is 0.308 e. The van der Waals surface area contributed by atoms with Crippen LogP contribution in [0, 0.1) is 6.73 Å². The van der Waals surface area contributed by atoms with Crippen molar-refractivity contribution in [2.24, 2.45) is 0 Å².